The van der Waals surface area contributed by atoms with Crippen LogP contribution >= 0.6 is 46.4 Å². The lowest BCUT2D eigenvalue weighted by Gasteiger charge is -2.49. The maximum Gasteiger partial charge on any atom is 0.414 e. The molecule has 2 aromatic rings. The third kappa shape index (κ3) is 9.14. The summed E-state index contributed by atoms with van der Waals surface area (Å²) in [6.45, 7) is 2.45. The number of aliphatic imine (C=N–C) groups is 1. The zero-order chi connectivity index (χ0) is 30.6. The summed E-state index contributed by atoms with van der Waals surface area (Å²) in [5, 5.41) is 8.07. The van der Waals surface area contributed by atoms with Crippen molar-refractivity contribution in [3.05, 3.63) is 22.8 Å². The summed E-state index contributed by atoms with van der Waals surface area (Å²) >= 11 is 5.04. The monoisotopic (exact) mass is 669 g/mol. The van der Waals surface area contributed by atoms with E-state index < -0.39 is 29.4 Å². The molecule has 2 aromatic heterocycles. The van der Waals surface area contributed by atoms with Crippen LogP contribution in [-0.2, 0) is 19.1 Å². The van der Waals surface area contributed by atoms with Crippen LogP contribution in [0.25, 0.3) is 0 Å². The van der Waals surface area contributed by atoms with Crippen molar-refractivity contribution in [3.63, 3.8) is 0 Å². The van der Waals surface area contributed by atoms with Gasteiger partial charge in [-0.1, -0.05) is 68.1 Å². The minimum Gasteiger partial charge on any atom is -0.434 e. The van der Waals surface area contributed by atoms with Crippen molar-refractivity contribution < 1.29 is 28.6 Å². The van der Waals surface area contributed by atoms with Crippen molar-refractivity contribution in [2.75, 3.05) is 31.9 Å². The standard InChI is InChI=1S/C26H35N7O6S4/c1-3-4-5-6-7-8-9-10-11-37-15-38-24(35)20-16(13-40-18-12-29-32-43-18)21(28-2)42-23-19(22(34)33(20)23)31-26(36)39-17-14-41-25(27)30-17/h12,14,19,23H,3-11,13,15H2,1-2H3,(H2,27,30)(H,31,36)/b28-21-/t19-,23+/m1/s1. The average molecular weight is 670 g/mol. The van der Waals surface area contributed by atoms with Gasteiger partial charge in [0, 0.05) is 18.4 Å². The van der Waals surface area contributed by atoms with Crippen LogP contribution in [0.4, 0.5) is 9.93 Å². The van der Waals surface area contributed by atoms with E-state index in [-0.39, 0.29) is 23.5 Å². The van der Waals surface area contributed by atoms with Gasteiger partial charge in [-0.3, -0.25) is 14.7 Å². The summed E-state index contributed by atoms with van der Waals surface area (Å²) in [7, 11) is 1.61. The van der Waals surface area contributed by atoms with Gasteiger partial charge in [-0.05, 0) is 18.0 Å². The van der Waals surface area contributed by atoms with Gasteiger partial charge >= 0.3 is 12.1 Å². The SMILES string of the molecule is CCCCCCCCCCOCOC(=O)C1=C(CSc2cnns2)/C(=N/C)S[C@H]2[C@H](NC(=O)Oc3csc(N)n3)C(=O)N12. The molecule has 0 aliphatic carbocycles. The smallest absolute Gasteiger partial charge is 0.414 e. The molecule has 4 rings (SSSR count). The number of amides is 2. The number of β-lactam (4-membered cyclic amide) rings is 1. The fourth-order valence-corrected chi connectivity index (χ4v) is 7.70. The number of anilines is 1. The minimum atomic E-state index is -0.953. The largest absolute Gasteiger partial charge is 0.434 e. The van der Waals surface area contributed by atoms with Gasteiger partial charge in [0.25, 0.3) is 5.91 Å². The number of thioether (sulfide) groups is 2. The second kappa shape index (κ2) is 16.9. The van der Waals surface area contributed by atoms with Crippen LogP contribution in [0.1, 0.15) is 58.3 Å². The molecule has 234 valence electrons. The summed E-state index contributed by atoms with van der Waals surface area (Å²) in [6.07, 6.45) is 10.2. The molecule has 0 aromatic carbocycles. The molecule has 0 saturated carbocycles. The van der Waals surface area contributed by atoms with E-state index in [4.69, 9.17) is 19.9 Å². The van der Waals surface area contributed by atoms with Crippen LogP contribution in [0, 0.1) is 0 Å². The number of nitrogens with zero attached hydrogens (tertiary/aromatic N) is 5. The molecular weight excluding hydrogens is 635 g/mol. The molecule has 43 heavy (non-hydrogen) atoms. The van der Waals surface area contributed by atoms with Crippen molar-refractivity contribution in [2.24, 2.45) is 4.99 Å². The normalized spacial score (nSPS) is 18.9. The zero-order valence-electron chi connectivity index (χ0n) is 24.0. The van der Waals surface area contributed by atoms with Gasteiger partial charge in [-0.2, -0.15) is 4.98 Å². The molecule has 2 aliphatic heterocycles. The van der Waals surface area contributed by atoms with Crippen LogP contribution in [0.3, 0.4) is 0 Å². The number of hydrogen-bond acceptors (Lipinski definition) is 15. The van der Waals surface area contributed by atoms with E-state index in [1.54, 1.807) is 13.2 Å². The Bertz CT molecular complexity index is 1300. The van der Waals surface area contributed by atoms with Crippen molar-refractivity contribution in [2.45, 2.75) is 73.9 Å². The number of unbranched alkanes of at least 4 members (excludes halogenated alkanes) is 7. The fourth-order valence-electron chi connectivity index (χ4n) is 4.42. The first-order chi connectivity index (χ1) is 20.9. The van der Waals surface area contributed by atoms with E-state index in [9.17, 15) is 14.4 Å². The number of esters is 1. The molecule has 13 nitrogen and oxygen atoms in total. The third-order valence-corrected chi connectivity index (χ3v) is 10.4. The Morgan fingerprint density at radius 3 is 2.63 bits per heavy atom. The van der Waals surface area contributed by atoms with Crippen molar-refractivity contribution in [3.8, 4) is 5.88 Å². The number of fused-ring (bicyclic) bond motifs is 1. The Hall–Kier alpha value is -2.73. The van der Waals surface area contributed by atoms with E-state index in [2.05, 4.69) is 31.8 Å². The minimum absolute atomic E-state index is 0.0312. The van der Waals surface area contributed by atoms with Gasteiger partial charge in [0.2, 0.25) is 5.88 Å². The van der Waals surface area contributed by atoms with Crippen molar-refractivity contribution in [1.29, 1.82) is 0 Å². The van der Waals surface area contributed by atoms with Crippen LogP contribution in [-0.4, -0.2) is 80.1 Å². The molecule has 2 aliphatic rings. The van der Waals surface area contributed by atoms with E-state index >= 15 is 0 Å². The number of carbonyl (C=O) groups is 3. The Kier molecular flexibility index (Phi) is 13.1. The molecule has 0 spiro atoms. The lowest BCUT2D eigenvalue weighted by molar-refractivity contribution is -0.159. The Labute approximate surface area is 266 Å². The molecule has 17 heteroatoms. The van der Waals surface area contributed by atoms with E-state index in [0.717, 1.165) is 34.8 Å². The highest BCUT2D eigenvalue weighted by Crippen LogP contribution is 2.43. The number of ether oxygens (including phenoxy) is 3. The highest BCUT2D eigenvalue weighted by Gasteiger charge is 2.56. The number of hydrogen-bond donors (Lipinski definition) is 2. The maximum absolute atomic E-state index is 13.4. The van der Waals surface area contributed by atoms with Gasteiger partial charge < -0.3 is 25.3 Å². The van der Waals surface area contributed by atoms with Crippen LogP contribution in [0.2, 0.25) is 0 Å². The lowest BCUT2D eigenvalue weighted by Crippen LogP contribution is -2.71. The van der Waals surface area contributed by atoms with Crippen molar-refractivity contribution in [1.82, 2.24) is 24.8 Å². The molecule has 0 radical (unpaired) electrons. The summed E-state index contributed by atoms with van der Waals surface area (Å²) in [6, 6.07) is -0.953. The highest BCUT2D eigenvalue weighted by molar-refractivity contribution is 8.15. The Morgan fingerprint density at radius 2 is 1.95 bits per heavy atom. The van der Waals surface area contributed by atoms with Gasteiger partial charge in [-0.25, -0.2) is 9.59 Å². The number of aromatic nitrogens is 3. The second-order valence-corrected chi connectivity index (χ2v) is 13.6. The molecular formula is C26H35N7O6S4. The first-order valence-electron chi connectivity index (χ1n) is 14.0. The predicted octanol–water partition coefficient (Wildman–Crippen LogP) is 4.68. The molecule has 4 heterocycles. The quantitative estimate of drug-likeness (QED) is 0.0785. The number of rotatable bonds is 17. The Morgan fingerprint density at radius 1 is 1.19 bits per heavy atom. The summed E-state index contributed by atoms with van der Waals surface area (Å²) < 4.78 is 20.9. The van der Waals surface area contributed by atoms with Gasteiger partial charge in [0.1, 0.15) is 21.3 Å². The molecule has 0 unspecified atom stereocenters. The van der Waals surface area contributed by atoms with E-state index in [1.165, 1.54) is 77.4 Å². The first-order valence-corrected chi connectivity index (χ1v) is 17.5. The maximum atomic E-state index is 13.4. The average Bonchev–Trinajstić information content (AvgIpc) is 3.68. The topological polar surface area (TPSA) is 171 Å². The number of thiazole rings is 1. The molecule has 2 atom stereocenters. The van der Waals surface area contributed by atoms with Gasteiger partial charge in [0.05, 0.1) is 23.2 Å². The van der Waals surface area contributed by atoms with Crippen LogP contribution in [0.5, 0.6) is 5.88 Å². The molecule has 2 amide bonds. The summed E-state index contributed by atoms with van der Waals surface area (Å²) in [4.78, 5) is 48.8. The summed E-state index contributed by atoms with van der Waals surface area (Å²) in [5.41, 5.74) is 6.21. The molecule has 1 fully saturated rings. The third-order valence-electron chi connectivity index (χ3n) is 6.54. The van der Waals surface area contributed by atoms with E-state index in [0.29, 0.717) is 23.0 Å². The lowest BCUT2D eigenvalue weighted by atomic mass is 10.0. The number of nitrogens with one attached hydrogen (secondary N) is 1. The number of nitrogens with two attached hydrogens (primary N) is 1. The van der Waals surface area contributed by atoms with Crippen LogP contribution < -0.4 is 15.8 Å². The molecule has 3 N–H and O–H groups in total. The van der Waals surface area contributed by atoms with Gasteiger partial charge in [0.15, 0.2) is 11.9 Å². The first kappa shape index (κ1) is 33.2. The van der Waals surface area contributed by atoms with Gasteiger partial charge in [-0.15, -0.1) is 28.2 Å². The summed E-state index contributed by atoms with van der Waals surface area (Å²) in [5.74, 6) is -0.817. The highest BCUT2D eigenvalue weighted by atomic mass is 32.2. The number of carbonyl (C=O) groups excluding carboxylic acids is 3. The number of nitrogen functional groups attached to an aromatic ring is 1. The molecule has 1 saturated heterocycles. The fraction of sp³-hybridized carbons (Fsp3) is 0.577. The predicted molar refractivity (Wildman–Crippen MR) is 168 cm³/mol. The molecule has 0 bridgehead atoms. The van der Waals surface area contributed by atoms with E-state index in [1.807, 2.05) is 0 Å². The zero-order valence-corrected chi connectivity index (χ0v) is 27.2. The second-order valence-electron chi connectivity index (χ2n) is 9.57. The van der Waals surface area contributed by atoms with Crippen molar-refractivity contribution >= 4 is 74.5 Å². The van der Waals surface area contributed by atoms with Crippen LogP contribution in [0.15, 0.2) is 32.0 Å². The Balaban J connectivity index is 1.37.